The lowest BCUT2D eigenvalue weighted by molar-refractivity contribution is -0.384. The number of nitrogens with zero attached hydrogens (tertiary/aromatic N) is 2. The van der Waals surface area contributed by atoms with E-state index in [1.165, 1.54) is 6.08 Å². The number of nitro benzene ring substituents is 1. The minimum absolute atomic E-state index is 0.0717. The standard InChI is InChI=1S/C13H16N2O4/c1-3-14(4-2)8-7-13(17)11-9-10(15(18)19)5-6-12(11)16/h5-9,16H,3-4H2,1-2H3. The topological polar surface area (TPSA) is 83.7 Å². The van der Waals surface area contributed by atoms with Gasteiger partial charge in [-0.1, -0.05) is 0 Å². The number of phenols is 1. The van der Waals surface area contributed by atoms with E-state index < -0.39 is 10.7 Å². The summed E-state index contributed by atoms with van der Waals surface area (Å²) in [7, 11) is 0. The highest BCUT2D eigenvalue weighted by molar-refractivity contribution is 6.06. The number of non-ortho nitro benzene ring substituents is 1. The highest BCUT2D eigenvalue weighted by Gasteiger charge is 2.14. The van der Waals surface area contributed by atoms with Crippen molar-refractivity contribution in [2.45, 2.75) is 13.8 Å². The Labute approximate surface area is 111 Å². The summed E-state index contributed by atoms with van der Waals surface area (Å²) in [5.41, 5.74) is -0.296. The number of nitro groups is 1. The second-order valence-corrected chi connectivity index (χ2v) is 3.86. The lowest BCUT2D eigenvalue weighted by Crippen LogP contribution is -2.15. The molecule has 0 aliphatic carbocycles. The van der Waals surface area contributed by atoms with Gasteiger partial charge in [0.2, 0.25) is 0 Å². The van der Waals surface area contributed by atoms with Gasteiger partial charge in [0.15, 0.2) is 5.78 Å². The molecule has 0 bridgehead atoms. The summed E-state index contributed by atoms with van der Waals surface area (Å²) in [5, 5.41) is 20.2. The molecule has 0 atom stereocenters. The number of aromatic hydroxyl groups is 1. The van der Waals surface area contributed by atoms with Crippen LogP contribution >= 0.6 is 0 Å². The van der Waals surface area contributed by atoms with Gasteiger partial charge in [-0.2, -0.15) is 0 Å². The Morgan fingerprint density at radius 2 is 2.05 bits per heavy atom. The van der Waals surface area contributed by atoms with E-state index in [0.717, 1.165) is 31.3 Å². The number of ketones is 1. The van der Waals surface area contributed by atoms with Crippen LogP contribution in [0.3, 0.4) is 0 Å². The summed E-state index contributed by atoms with van der Waals surface area (Å²) in [6.45, 7) is 5.40. The third kappa shape index (κ3) is 3.80. The lowest BCUT2D eigenvalue weighted by atomic mass is 10.1. The van der Waals surface area contributed by atoms with Crippen molar-refractivity contribution in [3.05, 3.63) is 46.2 Å². The monoisotopic (exact) mass is 264 g/mol. The molecule has 102 valence electrons. The van der Waals surface area contributed by atoms with E-state index in [9.17, 15) is 20.0 Å². The van der Waals surface area contributed by atoms with Crippen LogP contribution in [-0.2, 0) is 0 Å². The van der Waals surface area contributed by atoms with Crippen molar-refractivity contribution in [3.63, 3.8) is 0 Å². The van der Waals surface area contributed by atoms with Gasteiger partial charge in [-0.3, -0.25) is 14.9 Å². The SMILES string of the molecule is CCN(C=CC(=O)c1cc([N+](=O)[O-])ccc1O)CC. The summed E-state index contributed by atoms with van der Waals surface area (Å²) < 4.78 is 0. The molecule has 0 heterocycles. The van der Waals surface area contributed by atoms with Crippen molar-refractivity contribution in [2.24, 2.45) is 0 Å². The van der Waals surface area contributed by atoms with Crippen molar-refractivity contribution in [1.82, 2.24) is 4.90 Å². The lowest BCUT2D eigenvalue weighted by Gasteiger charge is -2.14. The molecule has 0 aliphatic rings. The molecule has 19 heavy (non-hydrogen) atoms. The van der Waals surface area contributed by atoms with E-state index in [0.29, 0.717) is 0 Å². The number of hydrogen-bond donors (Lipinski definition) is 1. The van der Waals surface area contributed by atoms with Crippen molar-refractivity contribution >= 4 is 11.5 Å². The van der Waals surface area contributed by atoms with Crippen molar-refractivity contribution in [3.8, 4) is 5.75 Å². The van der Waals surface area contributed by atoms with Crippen LogP contribution in [0.25, 0.3) is 0 Å². The third-order valence-electron chi connectivity index (χ3n) is 2.71. The van der Waals surface area contributed by atoms with E-state index in [-0.39, 0.29) is 17.0 Å². The van der Waals surface area contributed by atoms with Gasteiger partial charge in [-0.15, -0.1) is 0 Å². The van der Waals surface area contributed by atoms with Crippen LogP contribution in [0.5, 0.6) is 5.75 Å². The summed E-state index contributed by atoms with van der Waals surface area (Å²) in [6, 6.07) is 3.38. The molecular formula is C13H16N2O4. The summed E-state index contributed by atoms with van der Waals surface area (Å²) in [6.07, 6.45) is 2.91. The molecule has 0 aliphatic heterocycles. The Hall–Kier alpha value is -2.37. The van der Waals surface area contributed by atoms with Crippen LogP contribution < -0.4 is 0 Å². The number of phenolic OH excluding ortho intramolecular Hbond substituents is 1. The molecular weight excluding hydrogens is 248 g/mol. The fraction of sp³-hybridized carbons (Fsp3) is 0.308. The van der Waals surface area contributed by atoms with E-state index in [2.05, 4.69) is 0 Å². The molecule has 1 N–H and O–H groups in total. The van der Waals surface area contributed by atoms with Crippen LogP contribution in [0, 0.1) is 10.1 Å². The first-order valence-electron chi connectivity index (χ1n) is 5.93. The Kier molecular flexibility index (Phi) is 5.05. The molecule has 1 aromatic carbocycles. The van der Waals surface area contributed by atoms with Crippen molar-refractivity contribution in [1.29, 1.82) is 0 Å². The molecule has 0 aromatic heterocycles. The van der Waals surface area contributed by atoms with Gasteiger partial charge < -0.3 is 10.0 Å². The van der Waals surface area contributed by atoms with E-state index in [1.807, 2.05) is 18.7 Å². The molecule has 0 unspecified atom stereocenters. The number of carbonyl (C=O) groups is 1. The molecule has 1 aromatic rings. The van der Waals surface area contributed by atoms with Gasteiger partial charge >= 0.3 is 0 Å². The largest absolute Gasteiger partial charge is 0.507 e. The molecule has 6 nitrogen and oxygen atoms in total. The zero-order chi connectivity index (χ0) is 14.4. The average molecular weight is 264 g/mol. The fourth-order valence-corrected chi connectivity index (χ4v) is 1.53. The molecule has 0 amide bonds. The minimum atomic E-state index is -0.607. The quantitative estimate of drug-likeness (QED) is 0.369. The van der Waals surface area contributed by atoms with E-state index in [4.69, 9.17) is 0 Å². The van der Waals surface area contributed by atoms with Gasteiger partial charge in [-0.25, -0.2) is 0 Å². The van der Waals surface area contributed by atoms with Crippen LogP contribution in [0.1, 0.15) is 24.2 Å². The summed E-state index contributed by atoms with van der Waals surface area (Å²) in [5.74, 6) is -0.729. The summed E-state index contributed by atoms with van der Waals surface area (Å²) >= 11 is 0. The fourth-order valence-electron chi connectivity index (χ4n) is 1.53. The molecule has 0 fully saturated rings. The average Bonchev–Trinajstić information content (AvgIpc) is 2.39. The normalized spacial score (nSPS) is 10.6. The van der Waals surface area contributed by atoms with Crippen LogP contribution in [0.4, 0.5) is 5.69 Å². The molecule has 0 saturated heterocycles. The number of hydrogen-bond acceptors (Lipinski definition) is 5. The predicted molar refractivity (Wildman–Crippen MR) is 71.2 cm³/mol. The molecule has 0 saturated carbocycles. The number of benzene rings is 1. The van der Waals surface area contributed by atoms with E-state index in [1.54, 1.807) is 6.20 Å². The second kappa shape index (κ2) is 6.53. The first kappa shape index (κ1) is 14.7. The Bertz CT molecular complexity index is 507. The van der Waals surface area contributed by atoms with Crippen molar-refractivity contribution < 1.29 is 14.8 Å². The van der Waals surface area contributed by atoms with Gasteiger partial charge in [0, 0.05) is 37.5 Å². The number of rotatable bonds is 6. The molecule has 1 rings (SSSR count). The zero-order valence-electron chi connectivity index (χ0n) is 10.9. The predicted octanol–water partition coefficient (Wildman–Crippen LogP) is 2.34. The first-order chi connectivity index (χ1) is 8.99. The van der Waals surface area contributed by atoms with Crippen LogP contribution in [0.15, 0.2) is 30.5 Å². The van der Waals surface area contributed by atoms with Gasteiger partial charge in [0.1, 0.15) is 5.75 Å². The number of carbonyl (C=O) groups excluding carboxylic acids is 1. The maximum Gasteiger partial charge on any atom is 0.270 e. The zero-order valence-corrected chi connectivity index (χ0v) is 10.9. The van der Waals surface area contributed by atoms with Gasteiger partial charge in [0.25, 0.3) is 5.69 Å². The van der Waals surface area contributed by atoms with Gasteiger partial charge in [-0.05, 0) is 19.9 Å². The first-order valence-corrected chi connectivity index (χ1v) is 5.93. The highest BCUT2D eigenvalue weighted by atomic mass is 16.6. The Balaban J connectivity index is 2.99. The Morgan fingerprint density at radius 3 is 2.58 bits per heavy atom. The molecule has 0 radical (unpaired) electrons. The Morgan fingerprint density at radius 1 is 1.42 bits per heavy atom. The number of allylic oxidation sites excluding steroid dienone is 1. The second-order valence-electron chi connectivity index (χ2n) is 3.86. The maximum absolute atomic E-state index is 11.9. The van der Waals surface area contributed by atoms with Crippen molar-refractivity contribution in [2.75, 3.05) is 13.1 Å². The van der Waals surface area contributed by atoms with Gasteiger partial charge in [0.05, 0.1) is 10.5 Å². The van der Waals surface area contributed by atoms with Crippen LogP contribution in [-0.4, -0.2) is 33.8 Å². The smallest absolute Gasteiger partial charge is 0.270 e. The molecule has 0 spiro atoms. The highest BCUT2D eigenvalue weighted by Crippen LogP contribution is 2.23. The minimum Gasteiger partial charge on any atom is -0.507 e. The third-order valence-corrected chi connectivity index (χ3v) is 2.71. The van der Waals surface area contributed by atoms with E-state index >= 15 is 0 Å². The maximum atomic E-state index is 11.9. The van der Waals surface area contributed by atoms with Crippen LogP contribution in [0.2, 0.25) is 0 Å². The summed E-state index contributed by atoms with van der Waals surface area (Å²) in [4.78, 5) is 23.8. The molecule has 6 heteroatoms.